The van der Waals surface area contributed by atoms with E-state index in [1.807, 2.05) is 18.2 Å². The van der Waals surface area contributed by atoms with Crippen molar-refractivity contribution in [2.45, 2.75) is 12.8 Å². The first-order valence-electron chi connectivity index (χ1n) is 7.25. The van der Waals surface area contributed by atoms with Gasteiger partial charge in [0, 0.05) is 12.1 Å². The number of anilines is 1. The first-order chi connectivity index (χ1) is 11.1. The topological polar surface area (TPSA) is 47.6 Å². The number of nitrogens with one attached hydrogen (secondary N) is 1. The Morgan fingerprint density at radius 3 is 2.70 bits per heavy atom. The number of hydrogen-bond donors (Lipinski definition) is 1. The maximum Gasteiger partial charge on any atom is 0.224 e. The first kappa shape index (κ1) is 15.6. The van der Waals surface area contributed by atoms with Crippen molar-refractivity contribution in [2.24, 2.45) is 0 Å². The minimum absolute atomic E-state index is 0.0189. The average Bonchev–Trinajstić information content (AvgIpc) is 2.56. The van der Waals surface area contributed by atoms with Gasteiger partial charge in [0.05, 0.1) is 5.02 Å². The predicted molar refractivity (Wildman–Crippen MR) is 85.8 cm³/mol. The number of ether oxygens (including phenoxy) is 2. The Labute approximate surface area is 138 Å². The molecule has 1 N–H and O–H groups in total. The molecule has 1 aliphatic heterocycles. The number of carbonyl (C=O) groups is 1. The number of carbonyl (C=O) groups excluding carboxylic acids is 1. The maximum atomic E-state index is 13.1. The lowest BCUT2D eigenvalue weighted by Gasteiger charge is -2.18. The monoisotopic (exact) mass is 335 g/mol. The van der Waals surface area contributed by atoms with Crippen molar-refractivity contribution < 1.29 is 18.7 Å². The van der Waals surface area contributed by atoms with Crippen molar-refractivity contribution in [1.82, 2.24) is 0 Å². The molecule has 4 nitrogen and oxygen atoms in total. The molecule has 1 aliphatic rings. The van der Waals surface area contributed by atoms with Crippen molar-refractivity contribution in [3.8, 4) is 11.5 Å². The Kier molecular flexibility index (Phi) is 4.67. The zero-order chi connectivity index (χ0) is 16.2. The maximum absolute atomic E-state index is 13.1. The number of benzene rings is 2. The van der Waals surface area contributed by atoms with Gasteiger partial charge in [0.2, 0.25) is 5.91 Å². The van der Waals surface area contributed by atoms with Gasteiger partial charge in [-0.05, 0) is 42.3 Å². The van der Waals surface area contributed by atoms with E-state index < -0.39 is 5.82 Å². The van der Waals surface area contributed by atoms with Gasteiger partial charge in [-0.1, -0.05) is 17.7 Å². The van der Waals surface area contributed by atoms with Crippen LogP contribution in [0.5, 0.6) is 11.5 Å². The molecule has 0 atom stereocenters. The van der Waals surface area contributed by atoms with Gasteiger partial charge in [0.1, 0.15) is 19.0 Å². The van der Waals surface area contributed by atoms with Crippen LogP contribution < -0.4 is 14.8 Å². The van der Waals surface area contributed by atoms with Crippen LogP contribution in [0.25, 0.3) is 0 Å². The van der Waals surface area contributed by atoms with Crippen LogP contribution in [0.15, 0.2) is 36.4 Å². The lowest BCUT2D eigenvalue weighted by atomic mass is 10.1. The second-order valence-electron chi connectivity index (χ2n) is 5.16. The number of fused-ring (bicyclic) bond motifs is 1. The molecule has 0 unspecified atom stereocenters. The van der Waals surface area contributed by atoms with Crippen molar-refractivity contribution in [2.75, 3.05) is 18.5 Å². The summed E-state index contributed by atoms with van der Waals surface area (Å²) < 4.78 is 24.0. The zero-order valence-corrected chi connectivity index (χ0v) is 13.0. The highest BCUT2D eigenvalue weighted by Crippen LogP contribution is 2.31. The Balaban J connectivity index is 1.57. The molecule has 0 saturated carbocycles. The third kappa shape index (κ3) is 3.93. The van der Waals surface area contributed by atoms with Crippen LogP contribution in [-0.4, -0.2) is 19.1 Å². The minimum Gasteiger partial charge on any atom is -0.486 e. The molecule has 0 radical (unpaired) electrons. The van der Waals surface area contributed by atoms with Gasteiger partial charge < -0.3 is 14.8 Å². The molecular formula is C17H15ClFNO3. The summed E-state index contributed by atoms with van der Waals surface area (Å²) in [5.74, 6) is 0.758. The molecule has 6 heteroatoms. The summed E-state index contributed by atoms with van der Waals surface area (Å²) in [6, 6.07) is 9.73. The molecule has 2 aromatic carbocycles. The number of hydrogen-bond acceptors (Lipinski definition) is 3. The smallest absolute Gasteiger partial charge is 0.224 e. The van der Waals surface area contributed by atoms with Gasteiger partial charge in [0.25, 0.3) is 0 Å². The standard InChI is InChI=1S/C17H15ClFNO3/c18-13-10-12(3-4-14(13)19)20-17(21)6-2-11-1-5-15-16(9-11)23-8-7-22-15/h1,3-5,9-10H,2,6-8H2,(H,20,21). The van der Waals surface area contributed by atoms with Crippen LogP contribution >= 0.6 is 11.6 Å². The molecule has 2 aromatic rings. The summed E-state index contributed by atoms with van der Waals surface area (Å²) >= 11 is 5.69. The van der Waals surface area contributed by atoms with E-state index in [1.165, 1.54) is 18.2 Å². The predicted octanol–water partition coefficient (Wildman–Crippen LogP) is 3.82. The van der Waals surface area contributed by atoms with Crippen LogP contribution in [0.2, 0.25) is 5.02 Å². The fourth-order valence-electron chi connectivity index (χ4n) is 2.30. The van der Waals surface area contributed by atoms with E-state index in [2.05, 4.69) is 5.32 Å². The lowest BCUT2D eigenvalue weighted by Crippen LogP contribution is -2.15. The van der Waals surface area contributed by atoms with Crippen LogP contribution in [0.4, 0.5) is 10.1 Å². The second kappa shape index (κ2) is 6.87. The summed E-state index contributed by atoms with van der Waals surface area (Å²) in [4.78, 5) is 12.0. The van der Waals surface area contributed by atoms with Crippen molar-refractivity contribution in [3.05, 3.63) is 52.8 Å². The van der Waals surface area contributed by atoms with E-state index in [0.29, 0.717) is 37.5 Å². The Morgan fingerprint density at radius 1 is 1.13 bits per heavy atom. The third-order valence-electron chi connectivity index (χ3n) is 3.45. The van der Waals surface area contributed by atoms with Gasteiger partial charge in [0.15, 0.2) is 11.5 Å². The van der Waals surface area contributed by atoms with Crippen LogP contribution in [-0.2, 0) is 11.2 Å². The summed E-state index contributed by atoms with van der Waals surface area (Å²) in [6.45, 7) is 1.08. The zero-order valence-electron chi connectivity index (χ0n) is 12.3. The molecule has 1 heterocycles. The molecule has 0 spiro atoms. The Bertz CT molecular complexity index is 736. The molecule has 23 heavy (non-hydrogen) atoms. The summed E-state index contributed by atoms with van der Waals surface area (Å²) in [6.07, 6.45) is 0.867. The Hall–Kier alpha value is -2.27. The van der Waals surface area contributed by atoms with E-state index in [0.717, 1.165) is 11.3 Å². The van der Waals surface area contributed by atoms with Crippen LogP contribution in [0.1, 0.15) is 12.0 Å². The summed E-state index contributed by atoms with van der Waals surface area (Å²) in [5, 5.41) is 2.68. The molecule has 3 rings (SSSR count). The van der Waals surface area contributed by atoms with E-state index in [-0.39, 0.29) is 10.9 Å². The largest absolute Gasteiger partial charge is 0.486 e. The fraction of sp³-hybridized carbons (Fsp3) is 0.235. The first-order valence-corrected chi connectivity index (χ1v) is 7.63. The van der Waals surface area contributed by atoms with Crippen LogP contribution in [0.3, 0.4) is 0 Å². The molecular weight excluding hydrogens is 321 g/mol. The number of halogens is 2. The molecule has 120 valence electrons. The molecule has 0 aliphatic carbocycles. The highest BCUT2D eigenvalue weighted by molar-refractivity contribution is 6.31. The molecule has 0 aromatic heterocycles. The fourth-order valence-corrected chi connectivity index (χ4v) is 2.48. The molecule has 0 saturated heterocycles. The van der Waals surface area contributed by atoms with Gasteiger partial charge in [-0.15, -0.1) is 0 Å². The molecule has 1 amide bonds. The van der Waals surface area contributed by atoms with E-state index in [9.17, 15) is 9.18 Å². The van der Waals surface area contributed by atoms with E-state index in [4.69, 9.17) is 21.1 Å². The average molecular weight is 336 g/mol. The van der Waals surface area contributed by atoms with Gasteiger partial charge in [-0.3, -0.25) is 4.79 Å². The van der Waals surface area contributed by atoms with Crippen molar-refractivity contribution in [3.63, 3.8) is 0 Å². The van der Waals surface area contributed by atoms with Gasteiger partial charge in [-0.25, -0.2) is 4.39 Å². The molecule has 0 bridgehead atoms. The van der Waals surface area contributed by atoms with Gasteiger partial charge >= 0.3 is 0 Å². The number of aryl methyl sites for hydroxylation is 1. The SMILES string of the molecule is O=C(CCc1ccc2c(c1)OCCO2)Nc1ccc(F)c(Cl)c1. The number of rotatable bonds is 4. The normalized spacial score (nSPS) is 12.8. The number of amides is 1. The summed E-state index contributed by atoms with van der Waals surface area (Å²) in [7, 11) is 0. The quantitative estimate of drug-likeness (QED) is 0.924. The van der Waals surface area contributed by atoms with Crippen molar-refractivity contribution >= 4 is 23.2 Å². The van der Waals surface area contributed by atoms with Crippen LogP contribution in [0, 0.1) is 5.82 Å². The van der Waals surface area contributed by atoms with Crippen molar-refractivity contribution in [1.29, 1.82) is 0 Å². The molecule has 0 fully saturated rings. The van der Waals surface area contributed by atoms with E-state index >= 15 is 0 Å². The summed E-state index contributed by atoms with van der Waals surface area (Å²) in [5.41, 5.74) is 1.46. The van der Waals surface area contributed by atoms with Gasteiger partial charge in [-0.2, -0.15) is 0 Å². The lowest BCUT2D eigenvalue weighted by molar-refractivity contribution is -0.116. The third-order valence-corrected chi connectivity index (χ3v) is 3.74. The highest BCUT2D eigenvalue weighted by atomic mass is 35.5. The Morgan fingerprint density at radius 2 is 1.91 bits per heavy atom. The second-order valence-corrected chi connectivity index (χ2v) is 5.56. The minimum atomic E-state index is -0.513. The van der Waals surface area contributed by atoms with E-state index in [1.54, 1.807) is 0 Å². The highest BCUT2D eigenvalue weighted by Gasteiger charge is 2.12.